The van der Waals surface area contributed by atoms with E-state index in [4.69, 9.17) is 5.73 Å². The lowest BCUT2D eigenvalue weighted by Gasteiger charge is -2.10. The second-order valence-electron chi connectivity index (χ2n) is 10.6. The molecule has 2 N–H and O–H groups in total. The van der Waals surface area contributed by atoms with Gasteiger partial charge in [0, 0.05) is 37.0 Å². The molecule has 0 atom stereocenters. The average molecular weight is 734 g/mol. The SMILES string of the molecule is C=C/C(C#N)=C\Cc1cccc(-c2cc3sc4cc(-c5cccc(/C(N)=C/C(C#N)=C\C)c5)ccc4c3c3ccccc23)c1.CC.CC.CC.CC.CC. The van der Waals surface area contributed by atoms with Crippen molar-refractivity contribution in [3.63, 3.8) is 0 Å². The molecule has 1 heterocycles. The molecule has 0 unspecified atom stereocenters. The summed E-state index contributed by atoms with van der Waals surface area (Å²) in [5.74, 6) is 0. The van der Waals surface area contributed by atoms with Gasteiger partial charge in [-0.05, 0) is 81.8 Å². The molecule has 6 aromatic rings. The first-order valence-corrected chi connectivity index (χ1v) is 20.2. The number of hydrogen-bond acceptors (Lipinski definition) is 4. The Bertz CT molecular complexity index is 2270. The van der Waals surface area contributed by atoms with E-state index in [1.165, 1.54) is 36.5 Å². The maximum absolute atomic E-state index is 9.30. The number of nitriles is 2. The molecule has 0 saturated heterocycles. The molecule has 1 aromatic heterocycles. The van der Waals surface area contributed by atoms with E-state index in [9.17, 15) is 10.5 Å². The first-order chi connectivity index (χ1) is 26.5. The van der Waals surface area contributed by atoms with E-state index < -0.39 is 0 Å². The van der Waals surface area contributed by atoms with Crippen LogP contribution in [0.2, 0.25) is 0 Å². The fourth-order valence-corrected chi connectivity index (χ4v) is 6.84. The number of thiophene rings is 1. The zero-order valence-electron chi connectivity index (χ0n) is 34.3. The van der Waals surface area contributed by atoms with Crippen molar-refractivity contribution in [1.82, 2.24) is 0 Å². The number of nitrogens with zero attached hydrogens (tertiary/aromatic N) is 2. The van der Waals surface area contributed by atoms with Crippen molar-refractivity contribution in [2.45, 2.75) is 82.6 Å². The summed E-state index contributed by atoms with van der Waals surface area (Å²) in [6.07, 6.45) is 7.66. The Balaban J connectivity index is 0.00000135. The number of allylic oxidation sites excluding steroid dienone is 6. The van der Waals surface area contributed by atoms with Crippen molar-refractivity contribution in [3.05, 3.63) is 150 Å². The quantitative estimate of drug-likeness (QED) is 0.131. The molecule has 54 heavy (non-hydrogen) atoms. The Kier molecular flexibility index (Phi) is 21.7. The van der Waals surface area contributed by atoms with Crippen molar-refractivity contribution in [2.75, 3.05) is 0 Å². The van der Waals surface area contributed by atoms with Crippen LogP contribution in [0.25, 0.3) is 58.9 Å². The van der Waals surface area contributed by atoms with Crippen LogP contribution in [0.3, 0.4) is 0 Å². The Hall–Kier alpha value is -5.68. The van der Waals surface area contributed by atoms with Gasteiger partial charge in [-0.25, -0.2) is 0 Å². The van der Waals surface area contributed by atoms with E-state index >= 15 is 0 Å². The van der Waals surface area contributed by atoms with E-state index in [-0.39, 0.29) is 0 Å². The van der Waals surface area contributed by atoms with Crippen molar-refractivity contribution in [1.29, 1.82) is 10.5 Å². The summed E-state index contributed by atoms with van der Waals surface area (Å²) in [6.45, 7) is 25.6. The molecule has 0 aliphatic carbocycles. The van der Waals surface area contributed by atoms with Crippen LogP contribution in [0.15, 0.2) is 139 Å². The van der Waals surface area contributed by atoms with Crippen LogP contribution in [0.4, 0.5) is 0 Å². The molecular formula is C50H59N3S. The number of hydrogen-bond donors (Lipinski definition) is 1. The predicted molar refractivity (Wildman–Crippen MR) is 244 cm³/mol. The molecule has 280 valence electrons. The third-order valence-electron chi connectivity index (χ3n) is 7.90. The summed E-state index contributed by atoms with van der Waals surface area (Å²) < 4.78 is 2.47. The van der Waals surface area contributed by atoms with Gasteiger partial charge in [-0.1, -0.05) is 173 Å². The van der Waals surface area contributed by atoms with Crippen LogP contribution >= 0.6 is 11.3 Å². The molecule has 0 amide bonds. The molecule has 5 aromatic carbocycles. The van der Waals surface area contributed by atoms with Crippen LogP contribution in [0.5, 0.6) is 0 Å². The lowest BCUT2D eigenvalue weighted by molar-refractivity contribution is 1.26. The molecule has 0 spiro atoms. The summed E-state index contributed by atoms with van der Waals surface area (Å²) in [5, 5.41) is 23.5. The van der Waals surface area contributed by atoms with Gasteiger partial charge in [0.2, 0.25) is 0 Å². The standard InChI is InChI=1S/C40H29N3S.5C2H6/c1-3-26(24-41)15-16-28-9-7-11-31(19-28)36-23-39-40(34-14-6-5-13-33(34)36)35-18-17-30(22-38(35)44-39)29-10-8-12-32(21-29)37(43)20-27(4-2)25-42;5*1-2/h3-15,17-23H,1,16,43H2,2H3;5*1-2H3/b26-15+,27-4+,37-20-;;;;;. The average Bonchev–Trinajstić information content (AvgIpc) is 3.64. The van der Waals surface area contributed by atoms with Crippen molar-refractivity contribution in [2.24, 2.45) is 5.73 Å². The minimum atomic E-state index is 0.538. The Morgan fingerprint density at radius 2 is 1.26 bits per heavy atom. The Labute approximate surface area is 330 Å². The zero-order valence-corrected chi connectivity index (χ0v) is 35.2. The maximum atomic E-state index is 9.30. The fourth-order valence-electron chi connectivity index (χ4n) is 5.64. The molecule has 3 nitrogen and oxygen atoms in total. The van der Waals surface area contributed by atoms with Gasteiger partial charge < -0.3 is 5.73 Å². The normalized spacial score (nSPS) is 10.6. The second kappa shape index (κ2) is 25.3. The first kappa shape index (κ1) is 46.3. The molecule has 4 heteroatoms. The van der Waals surface area contributed by atoms with Gasteiger partial charge in [-0.2, -0.15) is 10.5 Å². The zero-order chi connectivity index (χ0) is 40.6. The second-order valence-corrected chi connectivity index (χ2v) is 11.7. The highest BCUT2D eigenvalue weighted by Gasteiger charge is 2.15. The number of fused-ring (bicyclic) bond motifs is 5. The summed E-state index contributed by atoms with van der Waals surface area (Å²) in [4.78, 5) is 0. The van der Waals surface area contributed by atoms with Crippen molar-refractivity contribution < 1.29 is 0 Å². The first-order valence-electron chi connectivity index (χ1n) is 19.4. The minimum Gasteiger partial charge on any atom is -0.398 e. The molecule has 0 saturated carbocycles. The molecule has 0 aliphatic heterocycles. The molecule has 0 bridgehead atoms. The van der Waals surface area contributed by atoms with E-state index in [1.807, 2.05) is 106 Å². The number of nitrogens with two attached hydrogens (primary N) is 1. The maximum Gasteiger partial charge on any atom is 0.0988 e. The molecular weight excluding hydrogens is 675 g/mol. The van der Waals surface area contributed by atoms with Gasteiger partial charge in [-0.15, -0.1) is 11.3 Å². The summed E-state index contributed by atoms with van der Waals surface area (Å²) >= 11 is 1.81. The highest BCUT2D eigenvalue weighted by molar-refractivity contribution is 7.26. The Morgan fingerprint density at radius 3 is 1.89 bits per heavy atom. The van der Waals surface area contributed by atoms with Crippen LogP contribution in [0, 0.1) is 22.7 Å². The third-order valence-corrected chi connectivity index (χ3v) is 9.00. The summed E-state index contributed by atoms with van der Waals surface area (Å²) in [6, 6.07) is 38.7. The smallest absolute Gasteiger partial charge is 0.0988 e. The summed E-state index contributed by atoms with van der Waals surface area (Å²) in [5.41, 5.74) is 14.6. The summed E-state index contributed by atoms with van der Waals surface area (Å²) in [7, 11) is 0. The van der Waals surface area contributed by atoms with Crippen LogP contribution in [-0.2, 0) is 6.42 Å². The van der Waals surface area contributed by atoms with Gasteiger partial charge in [-0.3, -0.25) is 0 Å². The number of rotatable bonds is 7. The van der Waals surface area contributed by atoms with Gasteiger partial charge in [0.15, 0.2) is 0 Å². The molecule has 0 fully saturated rings. The molecule has 0 aliphatic rings. The van der Waals surface area contributed by atoms with Gasteiger partial charge in [0.25, 0.3) is 0 Å². The van der Waals surface area contributed by atoms with Crippen LogP contribution < -0.4 is 5.73 Å². The largest absolute Gasteiger partial charge is 0.398 e. The molecule has 6 rings (SSSR count). The monoisotopic (exact) mass is 733 g/mol. The van der Waals surface area contributed by atoms with Gasteiger partial charge >= 0.3 is 0 Å². The Morgan fingerprint density at radius 1 is 0.648 bits per heavy atom. The molecule has 0 radical (unpaired) electrons. The van der Waals surface area contributed by atoms with E-state index in [1.54, 1.807) is 18.2 Å². The highest BCUT2D eigenvalue weighted by atomic mass is 32.1. The lowest BCUT2D eigenvalue weighted by atomic mass is 9.93. The lowest BCUT2D eigenvalue weighted by Crippen LogP contribution is -1.97. The topological polar surface area (TPSA) is 73.6 Å². The van der Waals surface area contributed by atoms with Crippen LogP contribution in [-0.4, -0.2) is 0 Å². The van der Waals surface area contributed by atoms with Crippen LogP contribution in [0.1, 0.15) is 87.3 Å². The minimum absolute atomic E-state index is 0.538. The number of benzene rings is 5. The van der Waals surface area contributed by atoms with E-state index in [2.05, 4.69) is 104 Å². The fraction of sp³-hybridized carbons (Fsp3) is 0.240. The van der Waals surface area contributed by atoms with E-state index in [0.717, 1.165) is 27.8 Å². The van der Waals surface area contributed by atoms with Gasteiger partial charge in [0.1, 0.15) is 0 Å². The highest BCUT2D eigenvalue weighted by Crippen LogP contribution is 2.44. The van der Waals surface area contributed by atoms with Gasteiger partial charge in [0.05, 0.1) is 12.1 Å². The predicted octanol–water partition coefficient (Wildman–Crippen LogP) is 15.6. The van der Waals surface area contributed by atoms with Crippen molar-refractivity contribution in [3.8, 4) is 34.4 Å². The van der Waals surface area contributed by atoms with E-state index in [0.29, 0.717) is 23.3 Å². The van der Waals surface area contributed by atoms with Crippen molar-refractivity contribution >= 4 is 48.0 Å². The third kappa shape index (κ3) is 11.4.